The van der Waals surface area contributed by atoms with Crippen molar-refractivity contribution in [3.05, 3.63) is 59.4 Å². The van der Waals surface area contributed by atoms with E-state index in [1.807, 2.05) is 0 Å². The Morgan fingerprint density at radius 3 is 2.48 bits per heavy atom. The Balaban J connectivity index is 1.84. The van der Waals surface area contributed by atoms with Crippen LogP contribution in [0.3, 0.4) is 0 Å². The molecule has 1 saturated heterocycles. The molecule has 29 heavy (non-hydrogen) atoms. The second-order valence-electron chi connectivity index (χ2n) is 7.51. The van der Waals surface area contributed by atoms with Crippen molar-refractivity contribution < 1.29 is 17.6 Å². The Morgan fingerprint density at radius 1 is 1.17 bits per heavy atom. The molecule has 2 aromatic carbocycles. The average Bonchev–Trinajstić information content (AvgIpc) is 2.69. The van der Waals surface area contributed by atoms with Crippen molar-refractivity contribution in [3.63, 3.8) is 0 Å². The number of carbonyl (C=O) groups is 1. The molecule has 0 unspecified atom stereocenters. The van der Waals surface area contributed by atoms with E-state index in [-0.39, 0.29) is 33.7 Å². The fraction of sp³-hybridized carbons (Fsp3) is 0.381. The topological polar surface area (TPSA) is 69.7 Å². The summed E-state index contributed by atoms with van der Waals surface area (Å²) in [5.41, 5.74) is 0.731. The largest absolute Gasteiger partial charge is 0.339 e. The molecule has 1 fully saturated rings. The number of amides is 1. The SMILES string of the molecule is Cc1cc(S(=O)(=O)Nc2ccccc2C(=O)N(C)C2CCN(C)CC2)ccc1F. The number of halogens is 1. The van der Waals surface area contributed by atoms with Gasteiger partial charge in [0.2, 0.25) is 0 Å². The van der Waals surface area contributed by atoms with Crippen molar-refractivity contribution in [1.29, 1.82) is 0 Å². The zero-order valence-corrected chi connectivity index (χ0v) is 17.7. The van der Waals surface area contributed by atoms with Gasteiger partial charge in [-0.3, -0.25) is 9.52 Å². The Hall–Kier alpha value is -2.45. The number of nitrogens with zero attached hydrogens (tertiary/aromatic N) is 2. The minimum atomic E-state index is -3.96. The fourth-order valence-electron chi connectivity index (χ4n) is 3.48. The number of carbonyl (C=O) groups excluding carboxylic acids is 1. The van der Waals surface area contributed by atoms with Crippen LogP contribution < -0.4 is 4.72 Å². The quantitative estimate of drug-likeness (QED) is 0.809. The summed E-state index contributed by atoms with van der Waals surface area (Å²) in [7, 11) is -0.149. The van der Waals surface area contributed by atoms with Crippen LogP contribution in [-0.4, -0.2) is 57.4 Å². The standard InChI is InChI=1S/C21H26FN3O3S/c1-15-14-17(8-9-19(15)22)29(27,28)23-20-7-5-4-6-18(20)21(26)25(3)16-10-12-24(2)13-11-16/h4-9,14,16,23H,10-13H2,1-3H3. The van der Waals surface area contributed by atoms with Crippen LogP contribution in [0.15, 0.2) is 47.4 Å². The van der Waals surface area contributed by atoms with E-state index in [9.17, 15) is 17.6 Å². The van der Waals surface area contributed by atoms with E-state index in [2.05, 4.69) is 16.7 Å². The highest BCUT2D eigenvalue weighted by atomic mass is 32.2. The molecule has 0 atom stereocenters. The molecular weight excluding hydrogens is 393 g/mol. The van der Waals surface area contributed by atoms with Crippen molar-refractivity contribution >= 4 is 21.6 Å². The lowest BCUT2D eigenvalue weighted by molar-refractivity contribution is 0.0660. The third-order valence-electron chi connectivity index (χ3n) is 5.40. The molecule has 8 heteroatoms. The highest BCUT2D eigenvalue weighted by molar-refractivity contribution is 7.92. The minimum Gasteiger partial charge on any atom is -0.339 e. The molecule has 156 valence electrons. The van der Waals surface area contributed by atoms with Crippen LogP contribution in [0, 0.1) is 12.7 Å². The van der Waals surface area contributed by atoms with Crippen LogP contribution in [-0.2, 0) is 10.0 Å². The number of sulfonamides is 1. The number of hydrogen-bond acceptors (Lipinski definition) is 4. The normalized spacial score (nSPS) is 15.9. The van der Waals surface area contributed by atoms with Gasteiger partial charge in [-0.25, -0.2) is 12.8 Å². The first kappa shape index (κ1) is 21.3. The van der Waals surface area contributed by atoms with Gasteiger partial charge in [0.1, 0.15) is 5.82 Å². The summed E-state index contributed by atoms with van der Waals surface area (Å²) >= 11 is 0. The first-order chi connectivity index (χ1) is 13.7. The van der Waals surface area contributed by atoms with Crippen LogP contribution in [0.5, 0.6) is 0 Å². The maximum absolute atomic E-state index is 13.5. The van der Waals surface area contributed by atoms with E-state index in [0.717, 1.165) is 32.0 Å². The van der Waals surface area contributed by atoms with Gasteiger partial charge in [0.25, 0.3) is 15.9 Å². The molecular formula is C21H26FN3O3S. The molecule has 1 aliphatic rings. The summed E-state index contributed by atoms with van der Waals surface area (Å²) in [6.07, 6.45) is 1.75. The van der Waals surface area contributed by atoms with Crippen LogP contribution in [0.25, 0.3) is 0 Å². The highest BCUT2D eigenvalue weighted by Gasteiger charge is 2.27. The molecule has 1 heterocycles. The molecule has 2 aromatic rings. The number of benzene rings is 2. The number of para-hydroxylation sites is 1. The zero-order valence-electron chi connectivity index (χ0n) is 16.9. The van der Waals surface area contributed by atoms with Gasteiger partial charge in [-0.2, -0.15) is 0 Å². The molecule has 1 N–H and O–H groups in total. The van der Waals surface area contributed by atoms with Gasteiger partial charge < -0.3 is 9.80 Å². The van der Waals surface area contributed by atoms with Gasteiger partial charge in [-0.05, 0) is 75.8 Å². The smallest absolute Gasteiger partial charge is 0.261 e. The van der Waals surface area contributed by atoms with Crippen LogP contribution in [0.1, 0.15) is 28.8 Å². The molecule has 0 aromatic heterocycles. The lowest BCUT2D eigenvalue weighted by atomic mass is 10.0. The van der Waals surface area contributed by atoms with E-state index in [0.29, 0.717) is 0 Å². The molecule has 0 aliphatic carbocycles. The maximum Gasteiger partial charge on any atom is 0.261 e. The molecule has 0 spiro atoms. The van der Waals surface area contributed by atoms with Crippen molar-refractivity contribution in [3.8, 4) is 0 Å². The number of aryl methyl sites for hydroxylation is 1. The summed E-state index contributed by atoms with van der Waals surface area (Å²) in [5, 5.41) is 0. The third-order valence-corrected chi connectivity index (χ3v) is 6.76. The van der Waals surface area contributed by atoms with Gasteiger partial charge in [0.15, 0.2) is 0 Å². The number of rotatable bonds is 5. The number of anilines is 1. The van der Waals surface area contributed by atoms with Crippen LogP contribution in [0.4, 0.5) is 10.1 Å². The zero-order chi connectivity index (χ0) is 21.2. The first-order valence-electron chi connectivity index (χ1n) is 9.53. The maximum atomic E-state index is 13.5. The molecule has 6 nitrogen and oxygen atoms in total. The second kappa shape index (κ2) is 8.51. The molecule has 1 amide bonds. The van der Waals surface area contributed by atoms with E-state index in [1.54, 1.807) is 36.2 Å². The van der Waals surface area contributed by atoms with Crippen molar-refractivity contribution in [2.45, 2.75) is 30.7 Å². The Kier molecular flexibility index (Phi) is 6.24. The summed E-state index contributed by atoms with van der Waals surface area (Å²) in [5.74, 6) is -0.701. The van der Waals surface area contributed by atoms with Gasteiger partial charge in [0.05, 0.1) is 16.1 Å². The number of likely N-dealkylation sites (tertiary alicyclic amines) is 1. The van der Waals surface area contributed by atoms with Crippen LogP contribution in [0.2, 0.25) is 0 Å². The van der Waals surface area contributed by atoms with Gasteiger partial charge in [-0.1, -0.05) is 12.1 Å². The van der Waals surface area contributed by atoms with Gasteiger partial charge in [0, 0.05) is 13.1 Å². The van der Waals surface area contributed by atoms with Crippen molar-refractivity contribution in [2.75, 3.05) is 31.9 Å². The lowest BCUT2D eigenvalue weighted by Crippen LogP contribution is -2.44. The Morgan fingerprint density at radius 2 is 1.83 bits per heavy atom. The van der Waals surface area contributed by atoms with E-state index < -0.39 is 15.8 Å². The molecule has 0 saturated carbocycles. The Labute approximate surface area is 171 Å². The van der Waals surface area contributed by atoms with E-state index >= 15 is 0 Å². The fourth-order valence-corrected chi connectivity index (χ4v) is 4.65. The van der Waals surface area contributed by atoms with Crippen LogP contribution >= 0.6 is 0 Å². The minimum absolute atomic E-state index is 0.0534. The third kappa shape index (κ3) is 4.76. The second-order valence-corrected chi connectivity index (χ2v) is 9.19. The van der Waals surface area contributed by atoms with Gasteiger partial charge >= 0.3 is 0 Å². The molecule has 0 radical (unpaired) electrons. The summed E-state index contributed by atoms with van der Waals surface area (Å²) in [6.45, 7) is 3.34. The predicted octanol–water partition coefficient (Wildman–Crippen LogP) is 3.10. The molecule has 3 rings (SSSR count). The average molecular weight is 420 g/mol. The number of piperidine rings is 1. The van der Waals surface area contributed by atoms with E-state index in [1.165, 1.54) is 19.1 Å². The Bertz CT molecular complexity index is 1000. The summed E-state index contributed by atoms with van der Waals surface area (Å²) in [4.78, 5) is 17.0. The van der Waals surface area contributed by atoms with Gasteiger partial charge in [-0.15, -0.1) is 0 Å². The summed E-state index contributed by atoms with van der Waals surface area (Å²) in [6, 6.07) is 10.3. The van der Waals surface area contributed by atoms with Crippen molar-refractivity contribution in [1.82, 2.24) is 9.80 Å². The number of nitrogens with one attached hydrogen (secondary N) is 1. The van der Waals surface area contributed by atoms with E-state index in [4.69, 9.17) is 0 Å². The monoisotopic (exact) mass is 419 g/mol. The summed E-state index contributed by atoms with van der Waals surface area (Å²) < 4.78 is 41.6. The lowest BCUT2D eigenvalue weighted by Gasteiger charge is -2.35. The van der Waals surface area contributed by atoms with Crippen molar-refractivity contribution in [2.24, 2.45) is 0 Å². The first-order valence-corrected chi connectivity index (χ1v) is 11.0. The predicted molar refractivity (Wildman–Crippen MR) is 111 cm³/mol. The molecule has 0 bridgehead atoms. The highest BCUT2D eigenvalue weighted by Crippen LogP contribution is 2.24. The number of hydrogen-bond donors (Lipinski definition) is 1. The molecule has 1 aliphatic heterocycles.